The maximum atomic E-state index is 6.11. The molecule has 2 aromatic heterocycles. The third-order valence-electron chi connectivity index (χ3n) is 9.82. The lowest BCUT2D eigenvalue weighted by Gasteiger charge is -2.26. The van der Waals surface area contributed by atoms with Crippen LogP contribution in [-0.2, 0) is 0 Å². The van der Waals surface area contributed by atoms with Crippen molar-refractivity contribution in [2.75, 3.05) is 4.90 Å². The number of hydrogen-bond donors (Lipinski definition) is 0. The fraction of sp³-hybridized carbons (Fsp3) is 0. The molecule has 0 saturated carbocycles. The van der Waals surface area contributed by atoms with Crippen LogP contribution in [0.25, 0.3) is 76.8 Å². The first-order chi connectivity index (χ1) is 24.7. The van der Waals surface area contributed by atoms with Gasteiger partial charge in [-0.25, -0.2) is 4.98 Å². The van der Waals surface area contributed by atoms with Crippen molar-refractivity contribution in [3.8, 4) is 22.3 Å². The number of pyridine rings is 1. The Morgan fingerprint density at radius 1 is 0.380 bits per heavy atom. The average Bonchev–Trinajstić information content (AvgIpc) is 3.54. The highest BCUT2D eigenvalue weighted by atomic mass is 16.3. The van der Waals surface area contributed by atoms with Gasteiger partial charge in [-0.15, -0.1) is 0 Å². The van der Waals surface area contributed by atoms with E-state index in [-0.39, 0.29) is 0 Å². The summed E-state index contributed by atoms with van der Waals surface area (Å²) in [7, 11) is 0. The summed E-state index contributed by atoms with van der Waals surface area (Å²) in [6.45, 7) is 0. The number of para-hydroxylation sites is 1. The quantitative estimate of drug-likeness (QED) is 0.188. The molecule has 0 radical (unpaired) electrons. The lowest BCUT2D eigenvalue weighted by Crippen LogP contribution is -2.10. The molecular weight excluding hydrogens is 609 g/mol. The van der Waals surface area contributed by atoms with E-state index in [0.29, 0.717) is 5.71 Å². The SMILES string of the molecule is c1cc(-c2cccc3ccccc23)cc(N(c2ccc(-c3ccc4ccccc4c3)cc2)c2ccc3nc4oc5ccccc5c4cc3c2)c1. The van der Waals surface area contributed by atoms with Gasteiger partial charge in [-0.2, -0.15) is 0 Å². The standard InChI is InChI=1S/C47H30N2O/c1-2-11-34-27-35(20-19-31(34)9-1)32-21-23-38(24-22-32)49(39-14-7-13-36(28-39)42-17-8-12-33-10-3-4-15-41(33)42)40-25-26-45-37(29-40)30-44-43-16-5-6-18-46(43)50-47(44)48-45/h1-30H. The van der Waals surface area contributed by atoms with Gasteiger partial charge in [0, 0.05) is 33.2 Å². The number of fused-ring (bicyclic) bond motifs is 6. The second-order valence-electron chi connectivity index (χ2n) is 12.8. The van der Waals surface area contributed by atoms with Crippen LogP contribution in [0.3, 0.4) is 0 Å². The number of anilines is 3. The number of benzene rings is 8. The van der Waals surface area contributed by atoms with Gasteiger partial charge in [0.2, 0.25) is 5.71 Å². The van der Waals surface area contributed by atoms with Gasteiger partial charge in [0.1, 0.15) is 5.58 Å². The first kappa shape index (κ1) is 28.3. The van der Waals surface area contributed by atoms with Crippen molar-refractivity contribution in [1.29, 1.82) is 0 Å². The Bertz CT molecular complexity index is 2880. The largest absolute Gasteiger partial charge is 0.438 e. The van der Waals surface area contributed by atoms with Gasteiger partial charge in [0.25, 0.3) is 0 Å². The van der Waals surface area contributed by atoms with Crippen LogP contribution in [0.1, 0.15) is 0 Å². The summed E-state index contributed by atoms with van der Waals surface area (Å²) in [6.07, 6.45) is 0. The topological polar surface area (TPSA) is 29.3 Å². The predicted molar refractivity (Wildman–Crippen MR) is 210 cm³/mol. The molecule has 0 fully saturated rings. The van der Waals surface area contributed by atoms with Crippen molar-refractivity contribution in [2.24, 2.45) is 0 Å². The van der Waals surface area contributed by atoms with Crippen molar-refractivity contribution >= 4 is 71.6 Å². The first-order valence-corrected chi connectivity index (χ1v) is 16.9. The van der Waals surface area contributed by atoms with E-state index in [1.165, 1.54) is 43.8 Å². The Hall–Kier alpha value is -6.71. The van der Waals surface area contributed by atoms with E-state index < -0.39 is 0 Å². The van der Waals surface area contributed by atoms with Crippen LogP contribution in [0.4, 0.5) is 17.1 Å². The zero-order valence-electron chi connectivity index (χ0n) is 27.1. The molecule has 2 heterocycles. The van der Waals surface area contributed by atoms with E-state index in [4.69, 9.17) is 9.40 Å². The molecule has 10 rings (SSSR count). The number of furan rings is 1. The molecule has 10 aromatic rings. The third kappa shape index (κ3) is 4.79. The molecule has 0 N–H and O–H groups in total. The summed E-state index contributed by atoms with van der Waals surface area (Å²) in [5.41, 5.74) is 10.4. The number of rotatable bonds is 5. The second kappa shape index (κ2) is 11.5. The molecule has 0 bridgehead atoms. The van der Waals surface area contributed by atoms with E-state index in [1.807, 2.05) is 18.2 Å². The monoisotopic (exact) mass is 638 g/mol. The van der Waals surface area contributed by atoms with Gasteiger partial charge in [-0.3, -0.25) is 0 Å². The number of hydrogen-bond acceptors (Lipinski definition) is 3. The Kier molecular flexibility index (Phi) is 6.49. The van der Waals surface area contributed by atoms with E-state index in [2.05, 4.69) is 169 Å². The minimum atomic E-state index is 0.662. The molecule has 0 aliphatic heterocycles. The number of aromatic nitrogens is 1. The van der Waals surface area contributed by atoms with Crippen molar-refractivity contribution in [2.45, 2.75) is 0 Å². The summed E-state index contributed by atoms with van der Waals surface area (Å²) in [4.78, 5) is 7.27. The smallest absolute Gasteiger partial charge is 0.227 e. The Labute approximate surface area is 289 Å². The first-order valence-electron chi connectivity index (χ1n) is 16.9. The highest BCUT2D eigenvalue weighted by Gasteiger charge is 2.17. The molecule has 3 nitrogen and oxygen atoms in total. The zero-order chi connectivity index (χ0) is 33.0. The van der Waals surface area contributed by atoms with Crippen LogP contribution in [0.5, 0.6) is 0 Å². The van der Waals surface area contributed by atoms with Gasteiger partial charge in [-0.05, 0) is 104 Å². The normalized spacial score (nSPS) is 11.6. The fourth-order valence-electron chi connectivity index (χ4n) is 7.35. The van der Waals surface area contributed by atoms with Crippen LogP contribution in [-0.4, -0.2) is 4.98 Å². The van der Waals surface area contributed by atoms with Crippen molar-refractivity contribution in [3.05, 3.63) is 182 Å². The Balaban J connectivity index is 1.13. The molecule has 8 aromatic carbocycles. The summed E-state index contributed by atoms with van der Waals surface area (Å²) in [5, 5.41) is 8.12. The molecule has 3 heteroatoms. The summed E-state index contributed by atoms with van der Waals surface area (Å²) >= 11 is 0. The van der Waals surface area contributed by atoms with Gasteiger partial charge in [0.15, 0.2) is 0 Å². The molecule has 0 atom stereocenters. The molecule has 0 saturated heterocycles. The molecule has 0 aliphatic rings. The van der Waals surface area contributed by atoms with Gasteiger partial charge >= 0.3 is 0 Å². The van der Waals surface area contributed by atoms with E-state index in [9.17, 15) is 0 Å². The van der Waals surface area contributed by atoms with Crippen LogP contribution < -0.4 is 4.90 Å². The Morgan fingerprint density at radius 3 is 1.98 bits per heavy atom. The highest BCUT2D eigenvalue weighted by Crippen LogP contribution is 2.40. The van der Waals surface area contributed by atoms with Crippen LogP contribution in [0.2, 0.25) is 0 Å². The summed E-state index contributed by atoms with van der Waals surface area (Å²) in [6, 6.07) is 64.9. The Morgan fingerprint density at radius 2 is 1.08 bits per heavy atom. The van der Waals surface area contributed by atoms with Crippen LogP contribution >= 0.6 is 0 Å². The van der Waals surface area contributed by atoms with Gasteiger partial charge < -0.3 is 9.32 Å². The average molecular weight is 639 g/mol. The summed E-state index contributed by atoms with van der Waals surface area (Å²) < 4.78 is 6.11. The van der Waals surface area contributed by atoms with E-state index in [1.54, 1.807) is 0 Å². The summed E-state index contributed by atoms with van der Waals surface area (Å²) in [5.74, 6) is 0. The third-order valence-corrected chi connectivity index (χ3v) is 9.82. The molecule has 0 amide bonds. The zero-order valence-corrected chi connectivity index (χ0v) is 27.1. The maximum Gasteiger partial charge on any atom is 0.227 e. The van der Waals surface area contributed by atoms with Gasteiger partial charge in [0.05, 0.1) is 5.52 Å². The molecular formula is C47H30N2O. The maximum absolute atomic E-state index is 6.11. The molecule has 0 spiro atoms. The minimum Gasteiger partial charge on any atom is -0.438 e. The highest BCUT2D eigenvalue weighted by molar-refractivity contribution is 6.08. The molecule has 0 unspecified atom stereocenters. The van der Waals surface area contributed by atoms with Crippen molar-refractivity contribution in [1.82, 2.24) is 4.98 Å². The fourth-order valence-corrected chi connectivity index (χ4v) is 7.35. The van der Waals surface area contributed by atoms with E-state index >= 15 is 0 Å². The predicted octanol–water partition coefficient (Wildman–Crippen LogP) is 13.2. The number of nitrogens with zero attached hydrogens (tertiary/aromatic N) is 2. The lowest BCUT2D eigenvalue weighted by molar-refractivity contribution is 0.656. The van der Waals surface area contributed by atoms with E-state index in [0.717, 1.165) is 44.3 Å². The lowest BCUT2D eigenvalue weighted by atomic mass is 9.97. The second-order valence-corrected chi connectivity index (χ2v) is 12.8. The molecule has 234 valence electrons. The molecule has 0 aliphatic carbocycles. The van der Waals surface area contributed by atoms with Gasteiger partial charge in [-0.1, -0.05) is 121 Å². The minimum absolute atomic E-state index is 0.662. The molecule has 50 heavy (non-hydrogen) atoms. The van der Waals surface area contributed by atoms with Crippen LogP contribution in [0, 0.1) is 0 Å². The van der Waals surface area contributed by atoms with Crippen LogP contribution in [0.15, 0.2) is 186 Å². The van der Waals surface area contributed by atoms with Crippen molar-refractivity contribution < 1.29 is 4.42 Å². The van der Waals surface area contributed by atoms with Crippen molar-refractivity contribution in [3.63, 3.8) is 0 Å².